The van der Waals surface area contributed by atoms with E-state index in [2.05, 4.69) is 32.4 Å². The minimum Gasteiger partial charge on any atom is -0.453 e. The summed E-state index contributed by atoms with van der Waals surface area (Å²) in [5.74, 6) is 7.47. The molecule has 4 N–H and O–H groups in total. The van der Waals surface area contributed by atoms with E-state index in [9.17, 15) is 19.2 Å². The van der Waals surface area contributed by atoms with E-state index in [0.717, 1.165) is 77.8 Å². The van der Waals surface area contributed by atoms with Crippen LogP contribution >= 0.6 is 11.6 Å². The van der Waals surface area contributed by atoms with E-state index in [4.69, 9.17) is 31.0 Å². The lowest BCUT2D eigenvalue weighted by molar-refractivity contribution is -0.136. The standard InChI is InChI=1S/C47H49ClN8O6/c1-27(2)38(53-44(59)61-3)42(57)55-25-46(17-18-46)22-36(55)40-49-24-35(52-40)30-14-11-28(12-15-30)9-10-29-13-16-33-34(21-29)51-41(50-33)37-23-47(19-20-47)26-56(37)43(58)39(54-45(60)62-4)31-7-5-6-8-32(31)48/h5-8,11-16,21,24,27,36-39H,17-20,22-23,25-26H2,1-4H3,(H,49,52)(H,50,51)(H,53,59)(H,54,60)/t36-,37-,38-,39+/m0/s1. The van der Waals surface area contributed by atoms with Crippen LogP contribution in [-0.2, 0) is 19.1 Å². The van der Waals surface area contributed by atoms with Crippen molar-refractivity contribution in [3.05, 3.63) is 106 Å². The second-order valence-corrected chi connectivity index (χ2v) is 18.1. The fourth-order valence-electron chi connectivity index (χ4n) is 9.14. The van der Waals surface area contributed by atoms with E-state index >= 15 is 0 Å². The Labute approximate surface area is 364 Å². The maximum Gasteiger partial charge on any atom is 0.407 e. The van der Waals surface area contributed by atoms with Gasteiger partial charge in [-0.1, -0.05) is 67.6 Å². The predicted molar refractivity (Wildman–Crippen MR) is 231 cm³/mol. The number of carbonyl (C=O) groups is 4. The highest BCUT2D eigenvalue weighted by Crippen LogP contribution is 2.59. The first-order chi connectivity index (χ1) is 29.9. The summed E-state index contributed by atoms with van der Waals surface area (Å²) in [5, 5.41) is 5.83. The first kappa shape index (κ1) is 41.0. The third kappa shape index (κ3) is 8.09. The maximum absolute atomic E-state index is 14.3. The van der Waals surface area contributed by atoms with Gasteiger partial charge in [0.1, 0.15) is 23.7 Å². The Morgan fingerprint density at radius 1 is 0.790 bits per heavy atom. The Morgan fingerprint density at radius 2 is 1.40 bits per heavy atom. The van der Waals surface area contributed by atoms with Crippen LogP contribution in [0.3, 0.4) is 0 Å². The molecule has 14 nitrogen and oxygen atoms in total. The third-order valence-corrected chi connectivity index (χ3v) is 13.4. The minimum atomic E-state index is -1.03. The molecule has 0 radical (unpaired) electrons. The number of hydrogen-bond acceptors (Lipinski definition) is 8. The zero-order valence-corrected chi connectivity index (χ0v) is 35.8. The highest BCUT2D eigenvalue weighted by atomic mass is 35.5. The number of methoxy groups -OCH3 is 2. The summed E-state index contributed by atoms with van der Waals surface area (Å²) in [4.78, 5) is 73.1. The molecule has 0 bridgehead atoms. The van der Waals surface area contributed by atoms with Gasteiger partial charge in [-0.25, -0.2) is 19.6 Å². The van der Waals surface area contributed by atoms with Crippen molar-refractivity contribution < 1.29 is 28.7 Å². The van der Waals surface area contributed by atoms with Crippen molar-refractivity contribution in [2.45, 2.75) is 76.5 Å². The van der Waals surface area contributed by atoms with Gasteiger partial charge in [-0.2, -0.15) is 0 Å². The molecule has 2 aromatic heterocycles. The molecule has 4 aliphatic rings. The van der Waals surface area contributed by atoms with Crippen LogP contribution in [-0.4, -0.2) is 87.1 Å². The van der Waals surface area contributed by atoms with Crippen molar-refractivity contribution >= 4 is 46.6 Å². The van der Waals surface area contributed by atoms with Crippen LogP contribution in [0.15, 0.2) is 72.9 Å². The molecule has 3 aromatic carbocycles. The topological polar surface area (TPSA) is 175 Å². The van der Waals surface area contributed by atoms with Crippen LogP contribution in [0.1, 0.15) is 98.8 Å². The average Bonchev–Trinajstić information content (AvgIpc) is 3.89. The number of H-pyrrole nitrogens is 2. The number of nitrogens with zero attached hydrogens (tertiary/aromatic N) is 4. The molecule has 2 spiro atoms. The Morgan fingerprint density at radius 3 is 2.05 bits per heavy atom. The summed E-state index contributed by atoms with van der Waals surface area (Å²) in [5.41, 5.74) is 5.64. The quantitative estimate of drug-likeness (QED) is 0.110. The zero-order chi connectivity index (χ0) is 43.3. The van der Waals surface area contributed by atoms with Gasteiger partial charge >= 0.3 is 12.2 Å². The molecular formula is C47H49ClN8O6. The van der Waals surface area contributed by atoms with Crippen molar-refractivity contribution in [1.82, 2.24) is 40.4 Å². The molecular weight excluding hydrogens is 808 g/mol. The van der Waals surface area contributed by atoms with E-state index in [-0.39, 0.29) is 40.6 Å². The van der Waals surface area contributed by atoms with Crippen LogP contribution in [0.4, 0.5) is 9.59 Å². The van der Waals surface area contributed by atoms with E-state index in [1.165, 1.54) is 14.2 Å². The summed E-state index contributed by atoms with van der Waals surface area (Å²) < 4.78 is 9.69. The molecule has 4 amide bonds. The number of ether oxygens (including phenoxy) is 2. The van der Waals surface area contributed by atoms with Crippen LogP contribution in [0.5, 0.6) is 0 Å². The number of fused-ring (bicyclic) bond motifs is 1. The van der Waals surface area contributed by atoms with Crippen LogP contribution in [0.25, 0.3) is 22.3 Å². The van der Waals surface area contributed by atoms with Gasteiger partial charge in [0.2, 0.25) is 5.91 Å². The smallest absolute Gasteiger partial charge is 0.407 e. The Balaban J connectivity index is 0.900. The van der Waals surface area contributed by atoms with E-state index in [1.54, 1.807) is 30.5 Å². The number of nitrogens with one attached hydrogen (secondary N) is 4. The zero-order valence-electron chi connectivity index (χ0n) is 35.1. The Bertz CT molecular complexity index is 2620. The van der Waals surface area contributed by atoms with Crippen LogP contribution < -0.4 is 10.6 Å². The normalized spacial score (nSPS) is 20.2. The maximum atomic E-state index is 14.3. The van der Waals surface area contributed by atoms with Gasteiger partial charge in [-0.3, -0.25) is 9.59 Å². The Hall–Kier alpha value is -6.33. The summed E-state index contributed by atoms with van der Waals surface area (Å²) >= 11 is 6.54. The number of hydrogen-bond donors (Lipinski definition) is 4. The second kappa shape index (κ2) is 16.2. The van der Waals surface area contributed by atoms with Crippen molar-refractivity contribution in [3.8, 4) is 23.1 Å². The number of aromatic amines is 2. The molecule has 2 saturated carbocycles. The second-order valence-electron chi connectivity index (χ2n) is 17.7. The number of halogens is 1. The highest BCUT2D eigenvalue weighted by molar-refractivity contribution is 6.31. The molecule has 62 heavy (non-hydrogen) atoms. The van der Waals surface area contributed by atoms with Gasteiger partial charge < -0.3 is 39.9 Å². The van der Waals surface area contributed by atoms with Gasteiger partial charge in [0.25, 0.3) is 5.91 Å². The van der Waals surface area contributed by atoms with Crippen molar-refractivity contribution in [2.75, 3.05) is 27.3 Å². The molecule has 4 heterocycles. The summed E-state index contributed by atoms with van der Waals surface area (Å²) in [7, 11) is 2.56. The lowest BCUT2D eigenvalue weighted by Crippen LogP contribution is -2.51. The third-order valence-electron chi connectivity index (χ3n) is 13.1. The van der Waals surface area contributed by atoms with E-state index < -0.39 is 24.3 Å². The number of alkyl carbamates (subject to hydrolysis) is 2. The molecule has 2 aliphatic carbocycles. The van der Waals surface area contributed by atoms with Gasteiger partial charge in [0.05, 0.1) is 49.2 Å². The summed E-state index contributed by atoms with van der Waals surface area (Å²) in [6.45, 7) is 5.03. The molecule has 4 atom stereocenters. The SMILES string of the molecule is COC(=O)N[C@H](C(=O)N1CC2(CC2)C[C@H]1c1ncc(-c2ccc(C#Cc3ccc4nc([C@@H]5CC6(CC6)CN5C(=O)[C@H](NC(=O)OC)c5ccccc5Cl)[nH]c4c3)cc2)[nH]1)C(C)C. The lowest BCUT2D eigenvalue weighted by Gasteiger charge is -2.30. The molecule has 2 aliphatic heterocycles. The number of imidazole rings is 2. The molecule has 9 rings (SSSR count). The van der Waals surface area contributed by atoms with Crippen LogP contribution in [0, 0.1) is 28.6 Å². The highest BCUT2D eigenvalue weighted by Gasteiger charge is 2.56. The number of amides is 4. The molecule has 4 fully saturated rings. The number of aromatic nitrogens is 4. The fourth-order valence-corrected chi connectivity index (χ4v) is 9.38. The number of benzene rings is 3. The van der Waals surface area contributed by atoms with Gasteiger partial charge in [-0.05, 0) is 97.2 Å². The number of likely N-dealkylation sites (tertiary alicyclic amines) is 2. The number of rotatable bonds is 9. The molecule has 0 unspecified atom stereocenters. The molecule has 15 heteroatoms. The molecule has 320 valence electrons. The Kier molecular flexibility index (Phi) is 10.7. The van der Waals surface area contributed by atoms with Gasteiger partial charge in [0.15, 0.2) is 0 Å². The predicted octanol–water partition coefficient (Wildman–Crippen LogP) is 7.59. The van der Waals surface area contributed by atoms with E-state index in [0.29, 0.717) is 29.5 Å². The lowest BCUT2D eigenvalue weighted by atomic mass is 10.0. The van der Waals surface area contributed by atoms with Gasteiger partial charge in [-0.15, -0.1) is 0 Å². The van der Waals surface area contributed by atoms with E-state index in [1.807, 2.05) is 66.1 Å². The van der Waals surface area contributed by atoms with Crippen LogP contribution in [0.2, 0.25) is 5.02 Å². The summed E-state index contributed by atoms with van der Waals surface area (Å²) in [6.07, 6.45) is 6.26. The van der Waals surface area contributed by atoms with Crippen molar-refractivity contribution in [1.29, 1.82) is 0 Å². The van der Waals surface area contributed by atoms with Crippen molar-refractivity contribution in [2.24, 2.45) is 16.7 Å². The molecule has 2 saturated heterocycles. The van der Waals surface area contributed by atoms with Gasteiger partial charge in [0, 0.05) is 34.8 Å². The minimum absolute atomic E-state index is 0.0293. The number of carbonyl (C=O) groups excluding carboxylic acids is 4. The first-order valence-electron chi connectivity index (χ1n) is 21.1. The van der Waals surface area contributed by atoms with Crippen molar-refractivity contribution in [3.63, 3.8) is 0 Å². The fraction of sp³-hybridized carbons (Fsp3) is 0.404. The first-order valence-corrected chi connectivity index (χ1v) is 21.5. The molecule has 5 aromatic rings. The average molecular weight is 857 g/mol. The largest absolute Gasteiger partial charge is 0.453 e. The summed E-state index contributed by atoms with van der Waals surface area (Å²) in [6, 6.07) is 18.5. The monoisotopic (exact) mass is 856 g/mol.